The number of rotatable bonds is 3. The maximum atomic E-state index is 12.1. The second kappa shape index (κ2) is 6.82. The summed E-state index contributed by atoms with van der Waals surface area (Å²) in [6.45, 7) is 3.64. The summed E-state index contributed by atoms with van der Waals surface area (Å²) >= 11 is 1.53. The van der Waals surface area contributed by atoms with Gasteiger partial charge in [0.2, 0.25) is 0 Å². The number of amides is 1. The Morgan fingerprint density at radius 1 is 1.27 bits per heavy atom. The molecule has 1 aromatic heterocycles. The molecular weight excluding hydrogens is 298 g/mol. The van der Waals surface area contributed by atoms with E-state index in [9.17, 15) is 9.59 Å². The second-order valence-corrected chi connectivity index (χ2v) is 7.54. The van der Waals surface area contributed by atoms with Crippen molar-refractivity contribution in [3.63, 3.8) is 0 Å². The van der Waals surface area contributed by atoms with Crippen LogP contribution in [0.25, 0.3) is 0 Å². The Labute approximate surface area is 135 Å². The van der Waals surface area contributed by atoms with Crippen molar-refractivity contribution in [2.24, 2.45) is 5.92 Å². The van der Waals surface area contributed by atoms with Gasteiger partial charge in [0.25, 0.3) is 5.91 Å². The first kappa shape index (κ1) is 15.5. The van der Waals surface area contributed by atoms with E-state index in [2.05, 4.69) is 6.92 Å². The molecule has 0 atom stereocenters. The first-order valence-corrected chi connectivity index (χ1v) is 9.01. The highest BCUT2D eigenvalue weighted by Gasteiger charge is 2.23. The van der Waals surface area contributed by atoms with Crippen molar-refractivity contribution >= 4 is 23.2 Å². The highest BCUT2D eigenvalue weighted by molar-refractivity contribution is 7.14. The van der Waals surface area contributed by atoms with Crippen LogP contribution in [0.4, 0.5) is 0 Å². The molecule has 0 radical (unpaired) electrons. The maximum Gasteiger partial charge on any atom is 0.348 e. The standard InChI is InChI=1S/C17H23NO3S/c1-12-6-8-18(9-7-12)16(19)11-21-17(20)15-10-13-4-2-3-5-14(13)22-15/h10,12H,2-9,11H2,1H3. The van der Waals surface area contributed by atoms with Crippen molar-refractivity contribution in [1.82, 2.24) is 4.90 Å². The lowest BCUT2D eigenvalue weighted by atomic mass is 9.99. The summed E-state index contributed by atoms with van der Waals surface area (Å²) in [4.78, 5) is 28.0. The Hall–Kier alpha value is -1.36. The summed E-state index contributed by atoms with van der Waals surface area (Å²) in [5.74, 6) is 0.267. The molecule has 1 saturated heterocycles. The van der Waals surface area contributed by atoms with E-state index in [1.165, 1.54) is 34.6 Å². The molecule has 1 aromatic rings. The van der Waals surface area contributed by atoms with Crippen LogP contribution < -0.4 is 0 Å². The third-order valence-electron chi connectivity index (χ3n) is 4.66. The van der Waals surface area contributed by atoms with E-state index in [1.54, 1.807) is 0 Å². The van der Waals surface area contributed by atoms with Gasteiger partial charge in [0, 0.05) is 18.0 Å². The maximum absolute atomic E-state index is 12.1. The topological polar surface area (TPSA) is 46.6 Å². The van der Waals surface area contributed by atoms with Gasteiger partial charge in [-0.3, -0.25) is 4.79 Å². The number of carbonyl (C=O) groups is 2. The first-order chi connectivity index (χ1) is 10.6. The van der Waals surface area contributed by atoms with Crippen LogP contribution in [0.1, 0.15) is 52.7 Å². The summed E-state index contributed by atoms with van der Waals surface area (Å²) in [5, 5.41) is 0. The number of hydrogen-bond acceptors (Lipinski definition) is 4. The summed E-state index contributed by atoms with van der Waals surface area (Å²) in [5.41, 5.74) is 1.29. The van der Waals surface area contributed by atoms with E-state index in [-0.39, 0.29) is 18.5 Å². The van der Waals surface area contributed by atoms with Crippen LogP contribution in [0.3, 0.4) is 0 Å². The molecule has 0 unspecified atom stereocenters. The van der Waals surface area contributed by atoms with Gasteiger partial charge in [-0.05, 0) is 56.1 Å². The lowest BCUT2D eigenvalue weighted by molar-refractivity contribution is -0.135. The minimum atomic E-state index is -0.349. The Morgan fingerprint density at radius 3 is 2.73 bits per heavy atom. The number of piperidine rings is 1. The largest absolute Gasteiger partial charge is 0.451 e. The Bertz CT molecular complexity index is 535. The number of carbonyl (C=O) groups excluding carboxylic acids is 2. The fraction of sp³-hybridized carbons (Fsp3) is 0.647. The van der Waals surface area contributed by atoms with Gasteiger partial charge in [-0.2, -0.15) is 0 Å². The highest BCUT2D eigenvalue weighted by atomic mass is 32.1. The van der Waals surface area contributed by atoms with Gasteiger partial charge in [0.15, 0.2) is 6.61 Å². The van der Waals surface area contributed by atoms with Crippen LogP contribution in [0, 0.1) is 5.92 Å². The second-order valence-electron chi connectivity index (χ2n) is 6.41. The van der Waals surface area contributed by atoms with Crippen LogP contribution >= 0.6 is 11.3 Å². The van der Waals surface area contributed by atoms with Crippen LogP contribution in [0.5, 0.6) is 0 Å². The fourth-order valence-corrected chi connectivity index (χ4v) is 4.29. The highest BCUT2D eigenvalue weighted by Crippen LogP contribution is 2.30. The van der Waals surface area contributed by atoms with Gasteiger partial charge in [-0.1, -0.05) is 6.92 Å². The molecule has 1 fully saturated rings. The fourth-order valence-electron chi connectivity index (χ4n) is 3.14. The minimum absolute atomic E-state index is 0.0680. The number of aryl methyl sites for hydroxylation is 2. The van der Waals surface area contributed by atoms with Crippen LogP contribution in [0.15, 0.2) is 6.07 Å². The van der Waals surface area contributed by atoms with Gasteiger partial charge < -0.3 is 9.64 Å². The molecule has 5 heteroatoms. The van der Waals surface area contributed by atoms with Gasteiger partial charge in [0.05, 0.1) is 0 Å². The molecule has 1 aliphatic carbocycles. The molecule has 3 rings (SSSR count). The zero-order valence-corrected chi connectivity index (χ0v) is 13.9. The van der Waals surface area contributed by atoms with Crippen molar-refractivity contribution in [3.05, 3.63) is 21.4 Å². The number of hydrogen-bond donors (Lipinski definition) is 0. The van der Waals surface area contributed by atoms with Crippen molar-refractivity contribution in [1.29, 1.82) is 0 Å². The minimum Gasteiger partial charge on any atom is -0.451 e. The first-order valence-electron chi connectivity index (χ1n) is 8.20. The van der Waals surface area contributed by atoms with Gasteiger partial charge in [-0.15, -0.1) is 11.3 Å². The van der Waals surface area contributed by atoms with E-state index >= 15 is 0 Å². The zero-order chi connectivity index (χ0) is 15.5. The smallest absolute Gasteiger partial charge is 0.348 e. The van der Waals surface area contributed by atoms with Crippen molar-refractivity contribution in [2.75, 3.05) is 19.7 Å². The lowest BCUT2D eigenvalue weighted by Gasteiger charge is -2.30. The number of thiophene rings is 1. The monoisotopic (exact) mass is 321 g/mol. The third-order valence-corrected chi connectivity index (χ3v) is 5.88. The quantitative estimate of drug-likeness (QED) is 0.804. The molecule has 2 aliphatic rings. The number of fused-ring (bicyclic) bond motifs is 1. The SMILES string of the molecule is CC1CCN(C(=O)COC(=O)c2cc3c(s2)CCCC3)CC1. The average molecular weight is 321 g/mol. The molecular formula is C17H23NO3S. The molecule has 1 aliphatic heterocycles. The third kappa shape index (κ3) is 3.51. The molecule has 0 bridgehead atoms. The lowest BCUT2D eigenvalue weighted by Crippen LogP contribution is -2.40. The molecule has 120 valence electrons. The van der Waals surface area contributed by atoms with E-state index in [0.29, 0.717) is 10.8 Å². The van der Waals surface area contributed by atoms with E-state index in [0.717, 1.165) is 38.8 Å². The van der Waals surface area contributed by atoms with Gasteiger partial charge in [-0.25, -0.2) is 4.79 Å². The predicted octanol–water partition coefficient (Wildman–Crippen LogP) is 3.04. The predicted molar refractivity (Wildman–Crippen MR) is 86.2 cm³/mol. The summed E-state index contributed by atoms with van der Waals surface area (Å²) in [6, 6.07) is 1.95. The molecule has 0 spiro atoms. The molecule has 2 heterocycles. The van der Waals surface area contributed by atoms with Crippen LogP contribution in [0.2, 0.25) is 0 Å². The summed E-state index contributed by atoms with van der Waals surface area (Å²) in [7, 11) is 0. The Balaban J connectivity index is 1.51. The number of ether oxygens (including phenoxy) is 1. The molecule has 0 saturated carbocycles. The van der Waals surface area contributed by atoms with Crippen LogP contribution in [-0.2, 0) is 22.4 Å². The molecule has 0 N–H and O–H groups in total. The molecule has 0 aromatic carbocycles. The zero-order valence-electron chi connectivity index (χ0n) is 13.1. The number of nitrogens with zero attached hydrogens (tertiary/aromatic N) is 1. The number of esters is 1. The van der Waals surface area contributed by atoms with Gasteiger partial charge >= 0.3 is 5.97 Å². The van der Waals surface area contributed by atoms with E-state index in [4.69, 9.17) is 4.74 Å². The van der Waals surface area contributed by atoms with Crippen molar-refractivity contribution < 1.29 is 14.3 Å². The summed E-state index contributed by atoms with van der Waals surface area (Å²) in [6.07, 6.45) is 6.61. The Kier molecular flexibility index (Phi) is 4.81. The van der Waals surface area contributed by atoms with E-state index in [1.807, 2.05) is 11.0 Å². The van der Waals surface area contributed by atoms with Crippen molar-refractivity contribution in [3.8, 4) is 0 Å². The Morgan fingerprint density at radius 2 is 2.00 bits per heavy atom. The number of likely N-dealkylation sites (tertiary alicyclic amines) is 1. The van der Waals surface area contributed by atoms with Crippen LogP contribution in [-0.4, -0.2) is 36.5 Å². The van der Waals surface area contributed by atoms with E-state index < -0.39 is 0 Å². The summed E-state index contributed by atoms with van der Waals surface area (Å²) < 4.78 is 5.23. The molecule has 1 amide bonds. The normalized spacial score (nSPS) is 18.9. The average Bonchev–Trinajstić information content (AvgIpc) is 2.97. The molecule has 4 nitrogen and oxygen atoms in total. The molecule has 22 heavy (non-hydrogen) atoms. The van der Waals surface area contributed by atoms with Crippen molar-refractivity contribution in [2.45, 2.75) is 45.4 Å². The van der Waals surface area contributed by atoms with Gasteiger partial charge in [0.1, 0.15) is 4.88 Å².